The summed E-state index contributed by atoms with van der Waals surface area (Å²) in [5, 5.41) is 12.1. The maximum atomic E-state index is 13.3. The number of hydrogen-bond acceptors (Lipinski definition) is 2. The van der Waals surface area contributed by atoms with E-state index in [1.54, 1.807) is 19.1 Å². The second kappa shape index (κ2) is 5.40. The van der Waals surface area contributed by atoms with Crippen LogP contribution in [0.4, 0.5) is 10.1 Å². The highest BCUT2D eigenvalue weighted by Gasteiger charge is 2.09. The summed E-state index contributed by atoms with van der Waals surface area (Å²) < 4.78 is 13.6. The molecule has 0 unspecified atom stereocenters. The molecule has 0 heterocycles. The summed E-state index contributed by atoms with van der Waals surface area (Å²) in [6.07, 6.45) is 0. The van der Waals surface area contributed by atoms with Crippen molar-refractivity contribution in [3.05, 3.63) is 57.8 Å². The summed E-state index contributed by atoms with van der Waals surface area (Å²) in [7, 11) is 0. The Balaban J connectivity index is 2.20. The number of carbonyl (C=O) groups is 1. The summed E-state index contributed by atoms with van der Waals surface area (Å²) in [6.45, 7) is 1.75. The second-order valence-electron chi connectivity index (χ2n) is 4.08. The predicted octanol–water partition coefficient (Wildman–Crippen LogP) is 3.85. The van der Waals surface area contributed by atoms with Crippen LogP contribution in [-0.2, 0) is 0 Å². The van der Waals surface area contributed by atoms with E-state index in [9.17, 15) is 14.3 Å². The molecule has 2 aromatic rings. The summed E-state index contributed by atoms with van der Waals surface area (Å²) in [5.74, 6) is -0.839. The Morgan fingerprint density at radius 1 is 1.26 bits per heavy atom. The highest BCUT2D eigenvalue weighted by molar-refractivity contribution is 9.10. The molecular weight excluding hydrogens is 313 g/mol. The lowest BCUT2D eigenvalue weighted by Gasteiger charge is -2.07. The minimum absolute atomic E-state index is 0.0970. The summed E-state index contributed by atoms with van der Waals surface area (Å²) in [5.41, 5.74) is 1.38. The van der Waals surface area contributed by atoms with Crippen molar-refractivity contribution >= 4 is 27.5 Å². The normalized spacial score (nSPS) is 10.3. The lowest BCUT2D eigenvalue weighted by Crippen LogP contribution is -2.12. The standard InChI is InChI=1S/C14H11BrFNO2/c1-8-2-4-10(7-13(8)18)17-14(19)9-3-5-11(15)12(16)6-9/h2-7,18H,1H3,(H,17,19). The first-order chi connectivity index (χ1) is 8.97. The fraction of sp³-hybridized carbons (Fsp3) is 0.0714. The predicted molar refractivity (Wildman–Crippen MR) is 74.9 cm³/mol. The number of phenols is 1. The summed E-state index contributed by atoms with van der Waals surface area (Å²) in [6, 6.07) is 8.93. The van der Waals surface area contributed by atoms with Crippen LogP contribution in [0, 0.1) is 12.7 Å². The zero-order valence-corrected chi connectivity index (χ0v) is 11.7. The van der Waals surface area contributed by atoms with E-state index in [0.717, 1.165) is 6.07 Å². The number of rotatable bonds is 2. The van der Waals surface area contributed by atoms with Gasteiger partial charge < -0.3 is 10.4 Å². The average molecular weight is 324 g/mol. The Labute approximate surface area is 118 Å². The van der Waals surface area contributed by atoms with Crippen LogP contribution >= 0.6 is 15.9 Å². The van der Waals surface area contributed by atoms with Crippen LogP contribution in [0.3, 0.4) is 0 Å². The summed E-state index contributed by atoms with van der Waals surface area (Å²) in [4.78, 5) is 11.9. The maximum Gasteiger partial charge on any atom is 0.255 e. The maximum absolute atomic E-state index is 13.3. The van der Waals surface area contributed by atoms with Gasteiger partial charge in [0.1, 0.15) is 11.6 Å². The van der Waals surface area contributed by atoms with E-state index >= 15 is 0 Å². The SMILES string of the molecule is Cc1ccc(NC(=O)c2ccc(Br)c(F)c2)cc1O. The van der Waals surface area contributed by atoms with E-state index in [1.165, 1.54) is 18.2 Å². The number of anilines is 1. The first kappa shape index (κ1) is 13.5. The molecule has 1 amide bonds. The van der Waals surface area contributed by atoms with Gasteiger partial charge in [0.2, 0.25) is 0 Å². The molecule has 3 nitrogen and oxygen atoms in total. The van der Waals surface area contributed by atoms with Crippen LogP contribution in [0.5, 0.6) is 5.75 Å². The number of hydrogen-bond donors (Lipinski definition) is 2. The molecule has 0 bridgehead atoms. The number of amides is 1. The molecule has 98 valence electrons. The van der Waals surface area contributed by atoms with Crippen LogP contribution in [0.15, 0.2) is 40.9 Å². The smallest absolute Gasteiger partial charge is 0.255 e. The van der Waals surface area contributed by atoms with Crippen molar-refractivity contribution < 1.29 is 14.3 Å². The van der Waals surface area contributed by atoms with Gasteiger partial charge in [-0.05, 0) is 52.7 Å². The Morgan fingerprint density at radius 2 is 2.00 bits per heavy atom. The van der Waals surface area contributed by atoms with E-state index in [2.05, 4.69) is 21.2 Å². The van der Waals surface area contributed by atoms with Crippen molar-refractivity contribution in [3.63, 3.8) is 0 Å². The van der Waals surface area contributed by atoms with Gasteiger partial charge in [-0.15, -0.1) is 0 Å². The van der Waals surface area contributed by atoms with Gasteiger partial charge in [-0.2, -0.15) is 0 Å². The largest absolute Gasteiger partial charge is 0.508 e. The van der Waals surface area contributed by atoms with Crippen molar-refractivity contribution in [1.82, 2.24) is 0 Å². The van der Waals surface area contributed by atoms with Crippen molar-refractivity contribution in [2.45, 2.75) is 6.92 Å². The van der Waals surface area contributed by atoms with Gasteiger partial charge in [0.25, 0.3) is 5.91 Å². The van der Waals surface area contributed by atoms with Gasteiger partial charge in [-0.25, -0.2) is 4.39 Å². The molecule has 2 N–H and O–H groups in total. The number of benzene rings is 2. The Morgan fingerprint density at radius 3 is 2.63 bits per heavy atom. The van der Waals surface area contributed by atoms with Crippen LogP contribution in [0.25, 0.3) is 0 Å². The highest BCUT2D eigenvalue weighted by atomic mass is 79.9. The molecule has 0 aliphatic rings. The fourth-order valence-corrected chi connectivity index (χ4v) is 1.77. The molecule has 0 fully saturated rings. The molecule has 19 heavy (non-hydrogen) atoms. The highest BCUT2D eigenvalue weighted by Crippen LogP contribution is 2.22. The molecule has 5 heteroatoms. The van der Waals surface area contributed by atoms with Crippen molar-refractivity contribution in [1.29, 1.82) is 0 Å². The van der Waals surface area contributed by atoms with Gasteiger partial charge in [0, 0.05) is 17.3 Å². The Kier molecular flexibility index (Phi) is 3.85. The molecule has 0 saturated carbocycles. The molecular formula is C14H11BrFNO2. The van der Waals surface area contributed by atoms with Crippen LogP contribution in [0.2, 0.25) is 0 Å². The first-order valence-corrected chi connectivity index (χ1v) is 6.32. The lowest BCUT2D eigenvalue weighted by molar-refractivity contribution is 0.102. The van der Waals surface area contributed by atoms with Gasteiger partial charge in [-0.1, -0.05) is 6.07 Å². The van der Waals surface area contributed by atoms with Gasteiger partial charge in [0.15, 0.2) is 0 Å². The molecule has 0 saturated heterocycles. The van der Waals surface area contributed by atoms with Crippen molar-refractivity contribution in [2.75, 3.05) is 5.32 Å². The number of aryl methyl sites for hydroxylation is 1. The number of phenolic OH excluding ortho intramolecular Hbond substituents is 1. The van der Waals surface area contributed by atoms with E-state index in [1.807, 2.05) is 0 Å². The van der Waals surface area contributed by atoms with Gasteiger partial charge in [-0.3, -0.25) is 4.79 Å². The molecule has 2 aromatic carbocycles. The second-order valence-corrected chi connectivity index (χ2v) is 4.94. The number of aromatic hydroxyl groups is 1. The van der Waals surface area contributed by atoms with Crippen molar-refractivity contribution in [2.24, 2.45) is 0 Å². The Hall–Kier alpha value is -1.88. The van der Waals surface area contributed by atoms with Crippen molar-refractivity contribution in [3.8, 4) is 5.75 Å². The van der Waals surface area contributed by atoms with Crippen LogP contribution < -0.4 is 5.32 Å². The zero-order chi connectivity index (χ0) is 14.0. The Bertz CT molecular complexity index is 643. The van der Waals surface area contributed by atoms with E-state index < -0.39 is 11.7 Å². The third-order valence-electron chi connectivity index (χ3n) is 2.65. The van der Waals surface area contributed by atoms with Crippen LogP contribution in [0.1, 0.15) is 15.9 Å². The molecule has 2 rings (SSSR count). The van der Waals surface area contributed by atoms with E-state index in [4.69, 9.17) is 0 Å². The lowest BCUT2D eigenvalue weighted by atomic mass is 10.1. The average Bonchev–Trinajstić information content (AvgIpc) is 2.37. The third-order valence-corrected chi connectivity index (χ3v) is 3.29. The topological polar surface area (TPSA) is 49.3 Å². The molecule has 0 aliphatic carbocycles. The number of halogens is 2. The van der Waals surface area contributed by atoms with E-state index in [0.29, 0.717) is 15.7 Å². The molecule has 0 aromatic heterocycles. The quantitative estimate of drug-likeness (QED) is 0.881. The number of carbonyl (C=O) groups excluding carboxylic acids is 1. The van der Waals surface area contributed by atoms with Crippen LogP contribution in [-0.4, -0.2) is 11.0 Å². The number of nitrogens with one attached hydrogen (secondary N) is 1. The minimum Gasteiger partial charge on any atom is -0.508 e. The van der Waals surface area contributed by atoms with Gasteiger partial charge in [0.05, 0.1) is 4.47 Å². The monoisotopic (exact) mass is 323 g/mol. The van der Waals surface area contributed by atoms with E-state index in [-0.39, 0.29) is 11.3 Å². The van der Waals surface area contributed by atoms with Gasteiger partial charge >= 0.3 is 0 Å². The third kappa shape index (κ3) is 3.12. The molecule has 0 radical (unpaired) electrons. The fourth-order valence-electron chi connectivity index (χ4n) is 1.53. The minimum atomic E-state index is -0.501. The molecule has 0 aliphatic heterocycles. The summed E-state index contributed by atoms with van der Waals surface area (Å²) >= 11 is 3.02. The molecule has 0 atom stereocenters. The zero-order valence-electron chi connectivity index (χ0n) is 10.1. The first-order valence-electron chi connectivity index (χ1n) is 5.53. The molecule has 0 spiro atoms.